The number of carbonyl (C=O) groups excluding carboxylic acids is 1. The van der Waals surface area contributed by atoms with Crippen LogP contribution in [0.25, 0.3) is 0 Å². The van der Waals surface area contributed by atoms with E-state index < -0.39 is 5.97 Å². The molecule has 7 heteroatoms. The maximum absolute atomic E-state index is 12.0. The van der Waals surface area contributed by atoms with Gasteiger partial charge in [-0.2, -0.15) is 0 Å². The van der Waals surface area contributed by atoms with E-state index in [4.69, 9.17) is 38.0 Å². The van der Waals surface area contributed by atoms with Crippen LogP contribution in [0.3, 0.4) is 0 Å². The minimum absolute atomic E-state index is 0.0119. The van der Waals surface area contributed by atoms with Crippen molar-refractivity contribution >= 4 is 40.7 Å². The molecule has 1 aliphatic heterocycles. The highest BCUT2D eigenvalue weighted by atomic mass is 35.5. The summed E-state index contributed by atoms with van der Waals surface area (Å²) in [6, 6.07) is 4.93. The number of rotatable bonds is 5. The van der Waals surface area contributed by atoms with Crippen molar-refractivity contribution < 1.29 is 19.0 Å². The summed E-state index contributed by atoms with van der Waals surface area (Å²) in [6.07, 6.45) is -0.218. The highest BCUT2D eigenvalue weighted by molar-refractivity contribution is 7.80. The van der Waals surface area contributed by atoms with E-state index in [1.165, 1.54) is 0 Å². The maximum Gasteiger partial charge on any atom is 0.339 e. The summed E-state index contributed by atoms with van der Waals surface area (Å²) in [7, 11) is 0. The van der Waals surface area contributed by atoms with Gasteiger partial charge in [0.2, 0.25) is 0 Å². The first kappa shape index (κ1) is 18.0. The zero-order chi connectivity index (χ0) is 17.0. The number of thiocarbonyl (C=S) groups is 1. The zero-order valence-electron chi connectivity index (χ0n) is 13.3. The molecule has 1 aromatic rings. The third kappa shape index (κ3) is 5.06. The van der Waals surface area contributed by atoms with Crippen LogP contribution in [-0.4, -0.2) is 37.1 Å². The fraction of sp³-hybridized carbons (Fsp3) is 0.500. The molecule has 126 valence electrons. The third-order valence-electron chi connectivity index (χ3n) is 3.23. The topological polar surface area (TPSA) is 56.8 Å². The fourth-order valence-electron chi connectivity index (χ4n) is 1.96. The molecule has 0 unspecified atom stereocenters. The Hall–Kier alpha value is -1.37. The highest BCUT2D eigenvalue weighted by Crippen LogP contribution is 2.27. The Morgan fingerprint density at radius 3 is 2.74 bits per heavy atom. The fourth-order valence-corrected chi connectivity index (χ4v) is 2.34. The van der Waals surface area contributed by atoms with Crippen LogP contribution >= 0.6 is 23.8 Å². The second-order valence-electron chi connectivity index (χ2n) is 6.15. The molecule has 1 fully saturated rings. The van der Waals surface area contributed by atoms with E-state index in [1.54, 1.807) is 32.0 Å². The summed E-state index contributed by atoms with van der Waals surface area (Å²) in [5.41, 5.74) is 0.912. The van der Waals surface area contributed by atoms with Crippen LogP contribution in [0.4, 0.5) is 5.69 Å². The van der Waals surface area contributed by atoms with Crippen molar-refractivity contribution in [3.05, 3.63) is 28.8 Å². The molecular formula is C16H20ClNO4S. The monoisotopic (exact) mass is 357 g/mol. The normalized spacial score (nSPS) is 15.7. The smallest absolute Gasteiger partial charge is 0.339 e. The van der Waals surface area contributed by atoms with Crippen LogP contribution in [-0.2, 0) is 14.2 Å². The molecule has 0 bridgehead atoms. The summed E-state index contributed by atoms with van der Waals surface area (Å²) in [5, 5.41) is 3.51. The lowest BCUT2D eigenvalue weighted by atomic mass is 9.90. The number of carbonyl (C=O) groups is 1. The average molecular weight is 358 g/mol. The van der Waals surface area contributed by atoms with Crippen molar-refractivity contribution in [2.75, 3.05) is 25.1 Å². The van der Waals surface area contributed by atoms with E-state index in [0.29, 0.717) is 30.5 Å². The summed E-state index contributed by atoms with van der Waals surface area (Å²) < 4.78 is 15.9. The second-order valence-corrected chi connectivity index (χ2v) is 6.93. The number of nitrogens with one attached hydrogen (secondary N) is 1. The molecule has 0 aromatic heterocycles. The van der Waals surface area contributed by atoms with Gasteiger partial charge in [0.1, 0.15) is 6.61 Å². The quantitative estimate of drug-likeness (QED) is 0.641. The molecule has 1 aliphatic rings. The van der Waals surface area contributed by atoms with Crippen LogP contribution < -0.4 is 5.32 Å². The van der Waals surface area contributed by atoms with Gasteiger partial charge >= 0.3 is 5.97 Å². The number of hydrogen-bond acceptors (Lipinski definition) is 5. The van der Waals surface area contributed by atoms with Gasteiger partial charge in [-0.3, -0.25) is 0 Å². The number of hydrogen-bond donors (Lipinski definition) is 1. The van der Waals surface area contributed by atoms with E-state index in [2.05, 4.69) is 12.2 Å². The van der Waals surface area contributed by atoms with Gasteiger partial charge in [-0.25, -0.2) is 4.79 Å². The summed E-state index contributed by atoms with van der Waals surface area (Å²) >= 11 is 11.2. The van der Waals surface area contributed by atoms with E-state index in [0.717, 1.165) is 0 Å². The summed E-state index contributed by atoms with van der Waals surface area (Å²) in [5.74, 6) is -0.473. The van der Waals surface area contributed by atoms with Gasteiger partial charge < -0.3 is 19.5 Å². The van der Waals surface area contributed by atoms with Crippen molar-refractivity contribution in [3.63, 3.8) is 0 Å². The molecule has 0 radical (unpaired) electrons. The highest BCUT2D eigenvalue weighted by Gasteiger charge is 2.34. The van der Waals surface area contributed by atoms with Crippen LogP contribution in [0, 0.1) is 5.41 Å². The van der Waals surface area contributed by atoms with Crippen molar-refractivity contribution in [1.29, 1.82) is 0 Å². The molecule has 5 nitrogen and oxygen atoms in total. The van der Waals surface area contributed by atoms with Gasteiger partial charge in [-0.05, 0) is 44.3 Å². The van der Waals surface area contributed by atoms with E-state index in [9.17, 15) is 4.79 Å². The number of esters is 1. The second kappa shape index (κ2) is 7.47. The van der Waals surface area contributed by atoms with Gasteiger partial charge in [-0.1, -0.05) is 18.5 Å². The van der Waals surface area contributed by atoms with Gasteiger partial charge in [0.15, 0.2) is 0 Å². The molecule has 0 aliphatic carbocycles. The number of benzene rings is 1. The van der Waals surface area contributed by atoms with Crippen molar-refractivity contribution in [1.82, 2.24) is 0 Å². The molecule has 2 rings (SSSR count). The molecule has 23 heavy (non-hydrogen) atoms. The molecule has 1 N–H and O–H groups in total. The number of halogens is 1. The molecule has 1 saturated heterocycles. The van der Waals surface area contributed by atoms with E-state index >= 15 is 0 Å². The Kier molecular flexibility index (Phi) is 5.84. The standard InChI is InChI=1S/C16H20ClNO4S/c1-10(2)22-14(19)12-6-11(4-5-13(12)17)18-15(23)21-9-16(3)7-20-8-16/h4-6,10H,7-9H2,1-3H3,(H,18,23). The Labute approximate surface area is 146 Å². The lowest BCUT2D eigenvalue weighted by Crippen LogP contribution is -2.44. The van der Waals surface area contributed by atoms with Gasteiger partial charge in [0.25, 0.3) is 5.17 Å². The van der Waals surface area contributed by atoms with E-state index in [-0.39, 0.29) is 22.3 Å². The predicted octanol–water partition coefficient (Wildman–Crippen LogP) is 3.66. The maximum atomic E-state index is 12.0. The molecular weight excluding hydrogens is 338 g/mol. The van der Waals surface area contributed by atoms with Gasteiger partial charge in [0, 0.05) is 11.1 Å². The summed E-state index contributed by atoms with van der Waals surface area (Å²) in [6.45, 7) is 7.45. The Bertz CT molecular complexity index is 602. The van der Waals surface area contributed by atoms with Gasteiger partial charge in [0.05, 0.1) is 29.9 Å². The molecule has 0 saturated carbocycles. The minimum Gasteiger partial charge on any atom is -0.470 e. The van der Waals surface area contributed by atoms with Gasteiger partial charge in [-0.15, -0.1) is 0 Å². The molecule has 1 heterocycles. The first-order valence-corrected chi connectivity index (χ1v) is 8.10. The van der Waals surface area contributed by atoms with Crippen LogP contribution in [0.15, 0.2) is 18.2 Å². The largest absolute Gasteiger partial charge is 0.470 e. The average Bonchev–Trinajstić information content (AvgIpc) is 2.44. The predicted molar refractivity (Wildman–Crippen MR) is 93.1 cm³/mol. The molecule has 0 amide bonds. The first-order chi connectivity index (χ1) is 10.8. The van der Waals surface area contributed by atoms with Crippen molar-refractivity contribution in [3.8, 4) is 0 Å². The van der Waals surface area contributed by atoms with Crippen LogP contribution in [0.2, 0.25) is 5.02 Å². The Morgan fingerprint density at radius 2 is 2.17 bits per heavy atom. The Morgan fingerprint density at radius 1 is 1.48 bits per heavy atom. The van der Waals surface area contributed by atoms with Crippen molar-refractivity contribution in [2.24, 2.45) is 5.41 Å². The van der Waals surface area contributed by atoms with Crippen molar-refractivity contribution in [2.45, 2.75) is 26.9 Å². The first-order valence-electron chi connectivity index (χ1n) is 7.31. The number of ether oxygens (including phenoxy) is 3. The van der Waals surface area contributed by atoms with E-state index in [1.807, 2.05) is 0 Å². The third-order valence-corrected chi connectivity index (χ3v) is 3.78. The lowest BCUT2D eigenvalue weighted by Gasteiger charge is -2.37. The molecule has 0 atom stereocenters. The molecule has 1 aromatic carbocycles. The minimum atomic E-state index is -0.473. The lowest BCUT2D eigenvalue weighted by molar-refractivity contribution is -0.121. The molecule has 0 spiro atoms. The Balaban J connectivity index is 1.97. The van der Waals surface area contributed by atoms with Crippen LogP contribution in [0.5, 0.6) is 0 Å². The zero-order valence-corrected chi connectivity index (χ0v) is 14.9. The SMILES string of the molecule is CC(C)OC(=O)c1cc(NC(=S)OCC2(C)COC2)ccc1Cl. The number of anilines is 1. The summed E-state index contributed by atoms with van der Waals surface area (Å²) in [4.78, 5) is 12.0. The van der Waals surface area contributed by atoms with Crippen LogP contribution in [0.1, 0.15) is 31.1 Å².